The number of nitrogens with one attached hydrogen (secondary N) is 1. The van der Waals surface area contributed by atoms with Crippen LogP contribution in [-0.4, -0.2) is 52.2 Å². The number of benzene rings is 1. The van der Waals surface area contributed by atoms with Crippen molar-refractivity contribution in [1.82, 2.24) is 14.8 Å². The zero-order chi connectivity index (χ0) is 22.2. The van der Waals surface area contributed by atoms with Crippen molar-refractivity contribution >= 4 is 38.8 Å². The van der Waals surface area contributed by atoms with Crippen molar-refractivity contribution in [3.05, 3.63) is 42.1 Å². The minimum atomic E-state index is -2.59. The van der Waals surface area contributed by atoms with Gasteiger partial charge in [0.25, 0.3) is 0 Å². The molecule has 0 amide bonds. The first-order chi connectivity index (χ1) is 14.7. The van der Waals surface area contributed by atoms with Crippen molar-refractivity contribution in [2.75, 3.05) is 12.4 Å². The van der Waals surface area contributed by atoms with Gasteiger partial charge in [0, 0.05) is 0 Å². The van der Waals surface area contributed by atoms with Crippen molar-refractivity contribution in [2.24, 2.45) is 0 Å². The van der Waals surface area contributed by atoms with E-state index >= 15 is 0 Å². The van der Waals surface area contributed by atoms with Gasteiger partial charge >= 0.3 is 186 Å². The Morgan fingerprint density at radius 3 is 2.42 bits per heavy atom. The van der Waals surface area contributed by atoms with Crippen LogP contribution in [0.1, 0.15) is 31.2 Å². The van der Waals surface area contributed by atoms with Crippen LogP contribution in [0.2, 0.25) is 14.8 Å². The Morgan fingerprint density at radius 2 is 1.81 bits per heavy atom. The second-order valence-corrected chi connectivity index (χ2v) is 23.6. The molecular weight excluding hydrogens is 505 g/mol. The average molecular weight is 535 g/mol. The molecule has 5 nitrogen and oxygen atoms in total. The molecule has 0 saturated heterocycles. The summed E-state index contributed by atoms with van der Waals surface area (Å²) < 4.78 is 35.7. The summed E-state index contributed by atoms with van der Waals surface area (Å²) in [7, 11) is 1.66. The SMILES string of the molecule is COc1ccc(Cn2n[c]([Sn]([CH3])([CH3])[CH3])c3c(NC4CCC(F)(F)CC4)nccc32)cc1. The third kappa shape index (κ3) is 4.96. The number of methoxy groups -OCH3 is 1. The number of aromatic nitrogens is 3. The molecule has 1 fully saturated rings. The van der Waals surface area contributed by atoms with Crippen LogP contribution in [0, 0.1) is 0 Å². The van der Waals surface area contributed by atoms with Crippen LogP contribution in [0.5, 0.6) is 5.75 Å². The first-order valence-corrected chi connectivity index (χ1v) is 20.8. The van der Waals surface area contributed by atoms with Gasteiger partial charge in [0.05, 0.1) is 0 Å². The summed E-state index contributed by atoms with van der Waals surface area (Å²) in [6.07, 6.45) is 2.57. The van der Waals surface area contributed by atoms with E-state index in [0.717, 1.165) is 31.7 Å². The summed E-state index contributed by atoms with van der Waals surface area (Å²) in [6.45, 7) is 0.654. The summed E-state index contributed by atoms with van der Waals surface area (Å²) in [5.74, 6) is -0.918. The third-order valence-corrected chi connectivity index (χ3v) is 11.0. The van der Waals surface area contributed by atoms with Crippen molar-refractivity contribution in [1.29, 1.82) is 0 Å². The number of rotatable bonds is 6. The molecule has 1 aliphatic carbocycles. The maximum atomic E-state index is 13.6. The van der Waals surface area contributed by atoms with Crippen molar-refractivity contribution in [2.45, 2.75) is 59.0 Å². The minimum absolute atomic E-state index is 0.0191. The number of hydrogen-bond acceptors (Lipinski definition) is 4. The van der Waals surface area contributed by atoms with Gasteiger partial charge in [0.15, 0.2) is 0 Å². The van der Waals surface area contributed by atoms with Gasteiger partial charge in [0.2, 0.25) is 0 Å². The molecule has 0 unspecified atom stereocenters. The number of ether oxygens (including phenoxy) is 1. The summed E-state index contributed by atoms with van der Waals surface area (Å²) in [4.78, 5) is 11.6. The van der Waals surface area contributed by atoms with Gasteiger partial charge in [-0.1, -0.05) is 0 Å². The number of hydrogen-bond donors (Lipinski definition) is 1. The number of alkyl halides is 2. The molecule has 2 heterocycles. The molecule has 0 aliphatic heterocycles. The molecule has 1 saturated carbocycles. The number of pyridine rings is 1. The van der Waals surface area contributed by atoms with Gasteiger partial charge in [-0.25, -0.2) is 0 Å². The Bertz CT molecular complexity index is 1050. The van der Waals surface area contributed by atoms with Gasteiger partial charge in [-0.05, 0) is 0 Å². The number of anilines is 1. The second kappa shape index (κ2) is 8.56. The first kappa shape index (κ1) is 22.3. The standard InChI is InChI=1S/C20H21F2N4O.3CH3.Sn/c1-27-16-4-2-14(3-5-16)13-26-18-8-11-23-19(17(18)12-24-26)25-15-6-9-20(21,22)10-7-15;;;;/h2-5,8,11,15H,6-7,9-10,13H2,1H3,(H,23,25);3*1H3;. The van der Waals surface area contributed by atoms with Crippen LogP contribution in [0.15, 0.2) is 36.5 Å². The zero-order valence-corrected chi connectivity index (χ0v) is 21.4. The zero-order valence-electron chi connectivity index (χ0n) is 18.6. The first-order valence-electron chi connectivity index (χ1n) is 10.8. The monoisotopic (exact) mass is 536 g/mol. The average Bonchev–Trinajstić information content (AvgIpc) is 3.10. The quantitative estimate of drug-likeness (QED) is 0.451. The summed E-state index contributed by atoms with van der Waals surface area (Å²) >= 11 is -2.59. The molecule has 3 aromatic rings. The summed E-state index contributed by atoms with van der Waals surface area (Å²) in [5.41, 5.74) is 2.18. The van der Waals surface area contributed by atoms with Crippen LogP contribution < -0.4 is 13.8 Å². The van der Waals surface area contributed by atoms with E-state index in [2.05, 4.69) is 41.9 Å². The van der Waals surface area contributed by atoms with Gasteiger partial charge in [-0.2, -0.15) is 0 Å². The molecule has 31 heavy (non-hydrogen) atoms. The van der Waals surface area contributed by atoms with Crippen molar-refractivity contribution in [3.8, 4) is 5.75 Å². The molecule has 8 heteroatoms. The fourth-order valence-corrected chi connectivity index (χ4v) is 8.21. The Morgan fingerprint density at radius 1 is 1.13 bits per heavy atom. The van der Waals surface area contributed by atoms with Gasteiger partial charge in [-0.3, -0.25) is 0 Å². The van der Waals surface area contributed by atoms with E-state index in [1.54, 1.807) is 13.3 Å². The van der Waals surface area contributed by atoms with E-state index < -0.39 is 24.3 Å². The van der Waals surface area contributed by atoms with Crippen LogP contribution in [0.25, 0.3) is 10.9 Å². The summed E-state index contributed by atoms with van der Waals surface area (Å²) in [6, 6.07) is 10.0. The van der Waals surface area contributed by atoms with Crippen LogP contribution in [-0.2, 0) is 6.54 Å². The topological polar surface area (TPSA) is 52.0 Å². The van der Waals surface area contributed by atoms with E-state index in [1.165, 1.54) is 0 Å². The van der Waals surface area contributed by atoms with Gasteiger partial charge in [-0.15, -0.1) is 0 Å². The molecule has 1 N–H and O–H groups in total. The fourth-order valence-electron chi connectivity index (χ4n) is 4.16. The molecule has 0 spiro atoms. The van der Waals surface area contributed by atoms with Crippen molar-refractivity contribution in [3.63, 3.8) is 0 Å². The van der Waals surface area contributed by atoms with Crippen LogP contribution in [0.4, 0.5) is 14.6 Å². The van der Waals surface area contributed by atoms with E-state index in [1.807, 2.05) is 18.2 Å². The number of fused-ring (bicyclic) bond motifs is 1. The Kier molecular flexibility index (Phi) is 6.16. The molecule has 1 aliphatic rings. The summed E-state index contributed by atoms with van der Waals surface area (Å²) in [5, 5.41) is 9.61. The molecule has 166 valence electrons. The van der Waals surface area contributed by atoms with Gasteiger partial charge in [0.1, 0.15) is 0 Å². The Labute approximate surface area is 186 Å². The maximum absolute atomic E-state index is 13.6. The molecule has 0 bridgehead atoms. The molecule has 0 atom stereocenters. The molecule has 4 rings (SSSR count). The predicted molar refractivity (Wildman–Crippen MR) is 123 cm³/mol. The van der Waals surface area contributed by atoms with E-state index in [0.29, 0.717) is 19.4 Å². The second-order valence-electron chi connectivity index (χ2n) is 9.43. The van der Waals surface area contributed by atoms with E-state index in [4.69, 9.17) is 9.84 Å². The van der Waals surface area contributed by atoms with Crippen LogP contribution in [0.3, 0.4) is 0 Å². The predicted octanol–water partition coefficient (Wildman–Crippen LogP) is 5.02. The van der Waals surface area contributed by atoms with Crippen molar-refractivity contribution < 1.29 is 13.5 Å². The molecule has 2 aromatic heterocycles. The van der Waals surface area contributed by atoms with Gasteiger partial charge < -0.3 is 0 Å². The Balaban J connectivity index is 1.69. The molecular formula is C23H30F2N4OSn. The number of nitrogens with zero attached hydrogens (tertiary/aromatic N) is 3. The van der Waals surface area contributed by atoms with E-state index in [9.17, 15) is 8.78 Å². The number of halogens is 2. The molecule has 0 radical (unpaired) electrons. The Hall–Kier alpha value is -1.90. The van der Waals surface area contributed by atoms with E-state index in [-0.39, 0.29) is 18.9 Å². The molecule has 1 aromatic carbocycles. The third-order valence-electron chi connectivity index (χ3n) is 5.92. The normalized spacial score (nSPS) is 17.1. The fraction of sp³-hybridized carbons (Fsp3) is 0.478. The van der Waals surface area contributed by atoms with Crippen LogP contribution >= 0.6 is 0 Å².